The summed E-state index contributed by atoms with van der Waals surface area (Å²) >= 11 is 5.74. The van der Waals surface area contributed by atoms with Gasteiger partial charge in [0.1, 0.15) is 11.5 Å². The van der Waals surface area contributed by atoms with Crippen molar-refractivity contribution in [1.29, 1.82) is 0 Å². The number of aromatic nitrogens is 2. The number of rotatable bonds is 0. The van der Waals surface area contributed by atoms with Gasteiger partial charge in [-0.15, -0.1) is 0 Å². The molecule has 1 aliphatic heterocycles. The summed E-state index contributed by atoms with van der Waals surface area (Å²) in [6, 6.07) is 0. The minimum Gasteiger partial charge on any atom is -0.370 e. The van der Waals surface area contributed by atoms with Gasteiger partial charge in [0.25, 0.3) is 0 Å². The Balaban J connectivity index is 2.59. The number of ether oxygens (including phenoxy) is 1. The van der Waals surface area contributed by atoms with Crippen molar-refractivity contribution >= 4 is 11.6 Å². The van der Waals surface area contributed by atoms with Crippen molar-refractivity contribution in [2.24, 2.45) is 0 Å². The summed E-state index contributed by atoms with van der Waals surface area (Å²) in [5.41, 5.74) is 1.85. The molecule has 1 aromatic rings. The second-order valence-corrected chi connectivity index (χ2v) is 2.44. The highest BCUT2D eigenvalue weighted by molar-refractivity contribution is 6.30. The Bertz CT molecular complexity index is 264. The second kappa shape index (κ2) is 2.18. The number of hydrogen-bond acceptors (Lipinski definition) is 3. The van der Waals surface area contributed by atoms with Gasteiger partial charge in [0.05, 0.1) is 18.9 Å². The van der Waals surface area contributed by atoms with E-state index in [2.05, 4.69) is 9.97 Å². The van der Waals surface area contributed by atoms with Crippen LogP contribution in [0.4, 0.5) is 0 Å². The highest BCUT2D eigenvalue weighted by Gasteiger charge is 2.15. The monoisotopic (exact) mass is 156 g/mol. The summed E-state index contributed by atoms with van der Waals surface area (Å²) in [4.78, 5) is 7.82. The summed E-state index contributed by atoms with van der Waals surface area (Å²) in [6.45, 7) is 1.12. The van der Waals surface area contributed by atoms with E-state index in [0.717, 1.165) is 11.3 Å². The molecule has 0 atom stereocenters. The van der Waals surface area contributed by atoms with Gasteiger partial charge < -0.3 is 4.74 Å². The van der Waals surface area contributed by atoms with Gasteiger partial charge in [0, 0.05) is 5.56 Å². The van der Waals surface area contributed by atoms with Crippen molar-refractivity contribution in [3.8, 4) is 0 Å². The summed E-state index contributed by atoms with van der Waals surface area (Å²) in [6.07, 6.45) is 1.45. The van der Waals surface area contributed by atoms with Crippen molar-refractivity contribution in [1.82, 2.24) is 9.97 Å². The van der Waals surface area contributed by atoms with Crippen LogP contribution in [0, 0.1) is 0 Å². The van der Waals surface area contributed by atoms with Crippen LogP contribution in [0.25, 0.3) is 0 Å². The fourth-order valence-corrected chi connectivity index (χ4v) is 1.15. The molecule has 1 aliphatic rings. The van der Waals surface area contributed by atoms with Gasteiger partial charge in [-0.1, -0.05) is 11.6 Å². The van der Waals surface area contributed by atoms with Gasteiger partial charge in [0.2, 0.25) is 0 Å². The fourth-order valence-electron chi connectivity index (χ4n) is 0.941. The first-order chi connectivity index (χ1) is 4.88. The predicted octanol–water partition coefficient (Wildman–Crippen LogP) is 1.16. The first kappa shape index (κ1) is 6.07. The van der Waals surface area contributed by atoms with E-state index < -0.39 is 0 Å². The van der Waals surface area contributed by atoms with Crippen LogP contribution in [-0.2, 0) is 18.0 Å². The molecule has 0 amide bonds. The minimum atomic E-state index is 0.516. The quantitative estimate of drug-likeness (QED) is 0.529. The molecule has 0 saturated carbocycles. The Morgan fingerprint density at radius 1 is 1.40 bits per heavy atom. The predicted molar refractivity (Wildman–Crippen MR) is 35.5 cm³/mol. The zero-order chi connectivity index (χ0) is 6.97. The Hall–Kier alpha value is -0.670. The van der Waals surface area contributed by atoms with Gasteiger partial charge >= 0.3 is 0 Å². The molecule has 0 bridgehead atoms. The van der Waals surface area contributed by atoms with Crippen LogP contribution in [0.2, 0.25) is 5.15 Å². The van der Waals surface area contributed by atoms with E-state index in [-0.39, 0.29) is 0 Å². The number of nitrogens with zero attached hydrogens (tertiary/aromatic N) is 2. The number of hydrogen-bond donors (Lipinski definition) is 0. The molecule has 0 radical (unpaired) electrons. The Labute approximate surface area is 63.0 Å². The van der Waals surface area contributed by atoms with Crippen LogP contribution in [0.5, 0.6) is 0 Å². The van der Waals surface area contributed by atoms with Gasteiger partial charge in [0.15, 0.2) is 0 Å². The van der Waals surface area contributed by atoms with E-state index in [1.807, 2.05) is 0 Å². The molecule has 0 aliphatic carbocycles. The molecule has 0 unspecified atom stereocenters. The molecule has 2 heterocycles. The van der Waals surface area contributed by atoms with Gasteiger partial charge in [-0.3, -0.25) is 0 Å². The smallest absolute Gasteiger partial charge is 0.138 e. The third kappa shape index (κ3) is 0.786. The van der Waals surface area contributed by atoms with Crippen LogP contribution in [-0.4, -0.2) is 9.97 Å². The Morgan fingerprint density at radius 3 is 3.10 bits per heavy atom. The van der Waals surface area contributed by atoms with Crippen molar-refractivity contribution < 1.29 is 4.74 Å². The summed E-state index contributed by atoms with van der Waals surface area (Å²) in [5, 5.41) is 0.516. The molecule has 0 saturated heterocycles. The lowest BCUT2D eigenvalue weighted by molar-refractivity contribution is 0.133. The van der Waals surface area contributed by atoms with E-state index in [0.29, 0.717) is 18.4 Å². The molecule has 1 aromatic heterocycles. The summed E-state index contributed by atoms with van der Waals surface area (Å²) in [7, 11) is 0. The average Bonchev–Trinajstić information content (AvgIpc) is 2.36. The first-order valence-corrected chi connectivity index (χ1v) is 3.32. The maximum absolute atomic E-state index is 5.74. The molecule has 10 heavy (non-hydrogen) atoms. The van der Waals surface area contributed by atoms with E-state index in [1.165, 1.54) is 6.33 Å². The molecular weight excluding hydrogens is 152 g/mol. The molecule has 0 fully saturated rings. The Morgan fingerprint density at radius 2 is 2.30 bits per heavy atom. The van der Waals surface area contributed by atoms with Gasteiger partial charge in [-0.25, -0.2) is 9.97 Å². The lowest BCUT2D eigenvalue weighted by atomic mass is 10.3. The average molecular weight is 157 g/mol. The first-order valence-electron chi connectivity index (χ1n) is 2.94. The van der Waals surface area contributed by atoms with Crippen molar-refractivity contribution in [2.75, 3.05) is 0 Å². The highest BCUT2D eigenvalue weighted by Crippen LogP contribution is 2.22. The van der Waals surface area contributed by atoms with Crippen molar-refractivity contribution in [3.05, 3.63) is 22.7 Å². The van der Waals surface area contributed by atoms with Crippen LogP contribution < -0.4 is 0 Å². The molecular formula is C6H5ClN2O. The van der Waals surface area contributed by atoms with Crippen molar-refractivity contribution in [3.63, 3.8) is 0 Å². The SMILES string of the molecule is Clc1ncnc2c1COC2. The fraction of sp³-hybridized carbons (Fsp3) is 0.333. The van der Waals surface area contributed by atoms with Crippen LogP contribution in [0.15, 0.2) is 6.33 Å². The molecule has 4 heteroatoms. The second-order valence-electron chi connectivity index (χ2n) is 2.08. The van der Waals surface area contributed by atoms with E-state index >= 15 is 0 Å². The van der Waals surface area contributed by atoms with E-state index in [4.69, 9.17) is 16.3 Å². The zero-order valence-corrected chi connectivity index (χ0v) is 5.93. The van der Waals surface area contributed by atoms with E-state index in [1.54, 1.807) is 0 Å². The molecule has 3 nitrogen and oxygen atoms in total. The normalized spacial score (nSPS) is 15.3. The van der Waals surface area contributed by atoms with Gasteiger partial charge in [-0.2, -0.15) is 0 Å². The summed E-state index contributed by atoms with van der Waals surface area (Å²) in [5.74, 6) is 0. The maximum atomic E-state index is 5.74. The zero-order valence-electron chi connectivity index (χ0n) is 5.17. The third-order valence-corrected chi connectivity index (χ3v) is 1.79. The number of halogens is 1. The molecule has 0 spiro atoms. The third-order valence-electron chi connectivity index (χ3n) is 1.47. The number of fused-ring (bicyclic) bond motifs is 1. The largest absolute Gasteiger partial charge is 0.370 e. The Kier molecular flexibility index (Phi) is 1.32. The topological polar surface area (TPSA) is 35.0 Å². The standard InChI is InChI=1S/C6H5ClN2O/c7-6-4-1-10-2-5(4)8-3-9-6/h3H,1-2H2. The van der Waals surface area contributed by atoms with Crippen LogP contribution >= 0.6 is 11.6 Å². The molecule has 2 rings (SSSR count). The van der Waals surface area contributed by atoms with Crippen LogP contribution in [0.3, 0.4) is 0 Å². The van der Waals surface area contributed by atoms with Gasteiger partial charge in [-0.05, 0) is 0 Å². The lowest BCUT2D eigenvalue weighted by Crippen LogP contribution is -1.90. The highest BCUT2D eigenvalue weighted by atomic mass is 35.5. The van der Waals surface area contributed by atoms with Crippen molar-refractivity contribution in [2.45, 2.75) is 13.2 Å². The molecule has 0 N–H and O–H groups in total. The summed E-state index contributed by atoms with van der Waals surface area (Å²) < 4.78 is 5.11. The molecule has 52 valence electrons. The maximum Gasteiger partial charge on any atom is 0.138 e. The molecule has 0 aromatic carbocycles. The minimum absolute atomic E-state index is 0.516. The lowest BCUT2D eigenvalue weighted by Gasteiger charge is -1.94. The van der Waals surface area contributed by atoms with Crippen LogP contribution in [0.1, 0.15) is 11.3 Å². The van der Waals surface area contributed by atoms with E-state index in [9.17, 15) is 0 Å².